The zero-order valence-electron chi connectivity index (χ0n) is 12.5. The number of benzene rings is 1. The number of ether oxygens (including phenoxy) is 2. The summed E-state index contributed by atoms with van der Waals surface area (Å²) in [5, 5.41) is 11.0. The third kappa shape index (κ3) is 2.63. The molecule has 1 aromatic carbocycles. The van der Waals surface area contributed by atoms with Crippen molar-refractivity contribution in [2.75, 3.05) is 19.8 Å². The Morgan fingerprint density at radius 2 is 2.00 bits per heavy atom. The topological polar surface area (TPSA) is 38.7 Å². The number of aliphatic hydroxyl groups excluding tert-OH is 1. The normalized spacial score (nSPS) is 34.2. The van der Waals surface area contributed by atoms with E-state index in [4.69, 9.17) is 9.47 Å². The molecule has 2 heterocycles. The minimum Gasteiger partial charge on any atom is -0.388 e. The van der Waals surface area contributed by atoms with Crippen LogP contribution in [0, 0.1) is 5.92 Å². The van der Waals surface area contributed by atoms with Gasteiger partial charge in [0.1, 0.15) is 0 Å². The van der Waals surface area contributed by atoms with E-state index in [2.05, 4.69) is 24.3 Å². The molecule has 0 bridgehead atoms. The monoisotopic (exact) mass is 288 g/mol. The quantitative estimate of drug-likeness (QED) is 0.928. The molecule has 0 aromatic heterocycles. The van der Waals surface area contributed by atoms with Crippen molar-refractivity contribution in [2.24, 2.45) is 5.92 Å². The van der Waals surface area contributed by atoms with Crippen molar-refractivity contribution < 1.29 is 14.6 Å². The third-order valence-electron chi connectivity index (χ3n) is 5.38. The maximum Gasteiger partial charge on any atom is 0.0940 e. The van der Waals surface area contributed by atoms with Crippen molar-refractivity contribution in [1.82, 2.24) is 0 Å². The molecule has 2 saturated heterocycles. The molecule has 114 valence electrons. The van der Waals surface area contributed by atoms with Crippen molar-refractivity contribution >= 4 is 0 Å². The summed E-state index contributed by atoms with van der Waals surface area (Å²) in [4.78, 5) is 0. The molecule has 0 radical (unpaired) electrons. The average molecular weight is 288 g/mol. The van der Waals surface area contributed by atoms with Crippen LogP contribution in [0.3, 0.4) is 0 Å². The maximum atomic E-state index is 11.0. The highest BCUT2D eigenvalue weighted by Crippen LogP contribution is 2.46. The van der Waals surface area contributed by atoms with Gasteiger partial charge in [0, 0.05) is 19.6 Å². The van der Waals surface area contributed by atoms with Gasteiger partial charge in [0.25, 0.3) is 0 Å². The first-order valence-electron chi connectivity index (χ1n) is 8.26. The van der Waals surface area contributed by atoms with E-state index in [9.17, 15) is 5.11 Å². The second-order valence-corrected chi connectivity index (χ2v) is 6.93. The molecule has 0 amide bonds. The van der Waals surface area contributed by atoms with Gasteiger partial charge < -0.3 is 14.6 Å². The standard InChI is InChI=1S/C18H24O3/c19-17(16-4-2-1-3-15(16)13-5-6-13)14-7-9-21-18(11-14)8-10-20-12-18/h1-4,13-14,17,19H,5-12H2. The zero-order valence-corrected chi connectivity index (χ0v) is 12.5. The molecule has 1 aliphatic carbocycles. The Kier molecular flexibility index (Phi) is 3.52. The maximum absolute atomic E-state index is 11.0. The summed E-state index contributed by atoms with van der Waals surface area (Å²) in [6.45, 7) is 2.23. The van der Waals surface area contributed by atoms with Crippen LogP contribution in [0.2, 0.25) is 0 Å². The summed E-state index contributed by atoms with van der Waals surface area (Å²) in [5.74, 6) is 0.972. The highest BCUT2D eigenvalue weighted by atomic mass is 16.6. The van der Waals surface area contributed by atoms with Crippen molar-refractivity contribution in [3.63, 3.8) is 0 Å². The van der Waals surface area contributed by atoms with Gasteiger partial charge in [-0.05, 0) is 48.6 Å². The van der Waals surface area contributed by atoms with E-state index in [-0.39, 0.29) is 11.7 Å². The fourth-order valence-corrected chi connectivity index (χ4v) is 4.00. The van der Waals surface area contributed by atoms with Gasteiger partial charge >= 0.3 is 0 Å². The van der Waals surface area contributed by atoms with Crippen LogP contribution in [-0.2, 0) is 9.47 Å². The van der Waals surface area contributed by atoms with E-state index in [1.807, 2.05) is 0 Å². The summed E-state index contributed by atoms with van der Waals surface area (Å²) in [5.41, 5.74) is 2.40. The van der Waals surface area contributed by atoms with Crippen LogP contribution in [0.5, 0.6) is 0 Å². The molecular formula is C18H24O3. The van der Waals surface area contributed by atoms with Gasteiger partial charge in [0.05, 0.1) is 18.3 Å². The first kappa shape index (κ1) is 13.7. The highest BCUT2D eigenvalue weighted by molar-refractivity contribution is 5.35. The second kappa shape index (κ2) is 5.38. The van der Waals surface area contributed by atoms with Gasteiger partial charge in [-0.2, -0.15) is 0 Å². The summed E-state index contributed by atoms with van der Waals surface area (Å²) in [7, 11) is 0. The van der Waals surface area contributed by atoms with E-state index >= 15 is 0 Å². The molecule has 21 heavy (non-hydrogen) atoms. The van der Waals surface area contributed by atoms with Gasteiger partial charge in [-0.15, -0.1) is 0 Å². The predicted molar refractivity (Wildman–Crippen MR) is 80.2 cm³/mol. The largest absolute Gasteiger partial charge is 0.388 e. The average Bonchev–Trinajstić information content (AvgIpc) is 3.29. The summed E-state index contributed by atoms with van der Waals surface area (Å²) >= 11 is 0. The molecule has 3 heteroatoms. The van der Waals surface area contributed by atoms with Crippen molar-refractivity contribution in [3.8, 4) is 0 Å². The zero-order chi connectivity index (χ0) is 14.3. The SMILES string of the molecule is OC(c1ccccc1C1CC1)C1CCOC2(CCOC2)C1. The summed E-state index contributed by atoms with van der Waals surface area (Å²) in [6, 6.07) is 8.47. The molecule has 3 aliphatic rings. The lowest BCUT2D eigenvalue weighted by Gasteiger charge is -2.39. The van der Waals surface area contributed by atoms with Crippen molar-refractivity contribution in [3.05, 3.63) is 35.4 Å². The smallest absolute Gasteiger partial charge is 0.0940 e. The van der Waals surface area contributed by atoms with Crippen LogP contribution in [-0.4, -0.2) is 30.5 Å². The lowest BCUT2D eigenvalue weighted by molar-refractivity contribution is -0.117. The molecule has 1 spiro atoms. The molecule has 4 rings (SSSR count). The fourth-order valence-electron chi connectivity index (χ4n) is 4.00. The Hall–Kier alpha value is -0.900. The van der Waals surface area contributed by atoms with Crippen molar-refractivity contribution in [2.45, 2.75) is 49.7 Å². The van der Waals surface area contributed by atoms with E-state index in [1.165, 1.54) is 18.4 Å². The van der Waals surface area contributed by atoms with Gasteiger partial charge in [-0.25, -0.2) is 0 Å². The summed E-state index contributed by atoms with van der Waals surface area (Å²) < 4.78 is 11.5. The third-order valence-corrected chi connectivity index (χ3v) is 5.38. The van der Waals surface area contributed by atoms with Crippen LogP contribution in [0.25, 0.3) is 0 Å². The van der Waals surface area contributed by atoms with Crippen LogP contribution in [0.1, 0.15) is 55.3 Å². The Morgan fingerprint density at radius 1 is 1.14 bits per heavy atom. The number of hydrogen-bond acceptors (Lipinski definition) is 3. The van der Waals surface area contributed by atoms with Crippen LogP contribution in [0.4, 0.5) is 0 Å². The molecule has 3 unspecified atom stereocenters. The predicted octanol–water partition coefficient (Wildman–Crippen LogP) is 3.18. The number of rotatable bonds is 3. The lowest BCUT2D eigenvalue weighted by atomic mass is 9.79. The van der Waals surface area contributed by atoms with Gasteiger partial charge in [0.2, 0.25) is 0 Å². The Labute approximate surface area is 126 Å². The van der Waals surface area contributed by atoms with Crippen LogP contribution in [0.15, 0.2) is 24.3 Å². The van der Waals surface area contributed by atoms with E-state index in [1.54, 1.807) is 0 Å². The first-order valence-corrected chi connectivity index (χ1v) is 8.26. The molecule has 3 fully saturated rings. The second-order valence-electron chi connectivity index (χ2n) is 6.93. The van der Waals surface area contributed by atoms with Gasteiger partial charge in [-0.1, -0.05) is 24.3 Å². The Balaban J connectivity index is 1.55. The van der Waals surface area contributed by atoms with E-state index < -0.39 is 0 Å². The number of aliphatic hydroxyl groups is 1. The van der Waals surface area contributed by atoms with Crippen molar-refractivity contribution in [1.29, 1.82) is 0 Å². The molecule has 1 aromatic rings. The minimum atomic E-state index is -0.358. The number of hydrogen-bond donors (Lipinski definition) is 1. The minimum absolute atomic E-state index is 0.127. The summed E-state index contributed by atoms with van der Waals surface area (Å²) in [6.07, 6.45) is 5.03. The van der Waals surface area contributed by atoms with E-state index in [0.717, 1.165) is 38.0 Å². The molecule has 1 N–H and O–H groups in total. The molecule has 3 nitrogen and oxygen atoms in total. The first-order chi connectivity index (χ1) is 10.3. The van der Waals surface area contributed by atoms with E-state index in [0.29, 0.717) is 18.4 Å². The highest BCUT2D eigenvalue weighted by Gasteiger charge is 2.43. The van der Waals surface area contributed by atoms with Crippen LogP contribution >= 0.6 is 0 Å². The fraction of sp³-hybridized carbons (Fsp3) is 0.667. The Bertz CT molecular complexity index is 503. The van der Waals surface area contributed by atoms with Crippen LogP contribution < -0.4 is 0 Å². The Morgan fingerprint density at radius 3 is 2.76 bits per heavy atom. The molecule has 3 atom stereocenters. The van der Waals surface area contributed by atoms with Gasteiger partial charge in [-0.3, -0.25) is 0 Å². The van der Waals surface area contributed by atoms with Gasteiger partial charge in [0.15, 0.2) is 0 Å². The molecule has 1 saturated carbocycles. The lowest BCUT2D eigenvalue weighted by Crippen LogP contribution is -2.42. The molecule has 2 aliphatic heterocycles. The molecular weight excluding hydrogens is 264 g/mol.